The lowest BCUT2D eigenvalue weighted by Crippen LogP contribution is -2.45. The van der Waals surface area contributed by atoms with Crippen molar-refractivity contribution in [3.8, 4) is 0 Å². The number of amides is 1. The molecule has 21 heavy (non-hydrogen) atoms. The maximum atomic E-state index is 13.0. The highest BCUT2D eigenvalue weighted by Gasteiger charge is 2.43. The van der Waals surface area contributed by atoms with Gasteiger partial charge >= 0.3 is 0 Å². The molecule has 1 aliphatic heterocycles. The minimum Gasteiger partial charge on any atom is -0.323 e. The van der Waals surface area contributed by atoms with E-state index in [9.17, 15) is 4.79 Å². The number of nitrogens with one attached hydrogen (secondary N) is 1. The van der Waals surface area contributed by atoms with Crippen molar-refractivity contribution in [1.82, 2.24) is 10.2 Å². The zero-order chi connectivity index (χ0) is 15.2. The first kappa shape index (κ1) is 16.8. The van der Waals surface area contributed by atoms with Crippen LogP contribution in [0.4, 0.5) is 0 Å². The van der Waals surface area contributed by atoms with E-state index in [2.05, 4.69) is 31.0 Å². The Bertz CT molecular complexity index is 323. The summed E-state index contributed by atoms with van der Waals surface area (Å²) in [4.78, 5) is 15.2. The second-order valence-electron chi connectivity index (χ2n) is 7.08. The van der Waals surface area contributed by atoms with Crippen LogP contribution in [0.25, 0.3) is 0 Å². The summed E-state index contributed by atoms with van der Waals surface area (Å²) in [6, 6.07) is 0.535. The van der Waals surface area contributed by atoms with Gasteiger partial charge in [0, 0.05) is 6.04 Å². The van der Waals surface area contributed by atoms with Crippen LogP contribution in [-0.4, -0.2) is 29.1 Å². The van der Waals surface area contributed by atoms with E-state index in [1.54, 1.807) is 0 Å². The maximum absolute atomic E-state index is 13.0. The van der Waals surface area contributed by atoms with E-state index in [0.717, 1.165) is 19.3 Å². The lowest BCUT2D eigenvalue weighted by molar-refractivity contribution is -0.133. The molecule has 1 N–H and O–H groups in total. The van der Waals surface area contributed by atoms with Crippen molar-refractivity contribution in [2.75, 3.05) is 0 Å². The molecule has 1 saturated carbocycles. The molecule has 1 saturated heterocycles. The van der Waals surface area contributed by atoms with Crippen LogP contribution in [0.1, 0.15) is 85.0 Å². The number of carbonyl (C=O) groups excluding carboxylic acids is 1. The van der Waals surface area contributed by atoms with Crippen molar-refractivity contribution < 1.29 is 4.79 Å². The highest BCUT2D eigenvalue weighted by Crippen LogP contribution is 2.29. The lowest BCUT2D eigenvalue weighted by Gasteiger charge is -2.34. The summed E-state index contributed by atoms with van der Waals surface area (Å²) in [6.45, 7) is 6.62. The molecule has 0 radical (unpaired) electrons. The zero-order valence-corrected chi connectivity index (χ0v) is 14.2. The first-order valence-corrected chi connectivity index (χ1v) is 9.27. The minimum absolute atomic E-state index is 0.0528. The normalized spacial score (nSPS) is 30.2. The number of hydrogen-bond acceptors (Lipinski definition) is 2. The van der Waals surface area contributed by atoms with Gasteiger partial charge in [-0.3, -0.25) is 10.1 Å². The van der Waals surface area contributed by atoms with Gasteiger partial charge in [-0.15, -0.1) is 0 Å². The third-order valence-corrected chi connectivity index (χ3v) is 5.47. The van der Waals surface area contributed by atoms with Gasteiger partial charge in [0.2, 0.25) is 5.91 Å². The van der Waals surface area contributed by atoms with Crippen LogP contribution in [0, 0.1) is 5.92 Å². The molecule has 0 aromatic heterocycles. The first-order chi connectivity index (χ1) is 10.2. The average Bonchev–Trinajstić information content (AvgIpc) is 2.76. The quantitative estimate of drug-likeness (QED) is 0.829. The summed E-state index contributed by atoms with van der Waals surface area (Å²) in [5.74, 6) is 0.823. The van der Waals surface area contributed by atoms with Gasteiger partial charge in [0.05, 0.1) is 12.2 Å². The van der Waals surface area contributed by atoms with E-state index in [0.29, 0.717) is 17.9 Å². The molecule has 122 valence electrons. The fourth-order valence-corrected chi connectivity index (χ4v) is 3.96. The molecule has 3 nitrogen and oxygen atoms in total. The van der Waals surface area contributed by atoms with E-state index >= 15 is 0 Å². The Balaban J connectivity index is 2.10. The smallest absolute Gasteiger partial charge is 0.241 e. The summed E-state index contributed by atoms with van der Waals surface area (Å²) >= 11 is 0. The molecular weight excluding hydrogens is 260 g/mol. The van der Waals surface area contributed by atoms with Gasteiger partial charge in [0.1, 0.15) is 0 Å². The fourth-order valence-electron chi connectivity index (χ4n) is 3.96. The van der Waals surface area contributed by atoms with Crippen LogP contribution < -0.4 is 5.32 Å². The van der Waals surface area contributed by atoms with Crippen molar-refractivity contribution in [2.45, 2.75) is 103 Å². The van der Waals surface area contributed by atoms with Crippen molar-refractivity contribution in [3.63, 3.8) is 0 Å². The summed E-state index contributed by atoms with van der Waals surface area (Å²) in [7, 11) is 0. The lowest BCUT2D eigenvalue weighted by atomic mass is 9.94. The molecule has 0 spiro atoms. The van der Waals surface area contributed by atoms with Crippen LogP contribution in [0.15, 0.2) is 0 Å². The second kappa shape index (κ2) is 8.17. The largest absolute Gasteiger partial charge is 0.323 e. The highest BCUT2D eigenvalue weighted by molar-refractivity contribution is 5.85. The summed E-state index contributed by atoms with van der Waals surface area (Å²) in [5.41, 5.74) is 0. The molecule has 2 fully saturated rings. The predicted octanol–water partition coefficient (Wildman–Crippen LogP) is 4.07. The van der Waals surface area contributed by atoms with Gasteiger partial charge in [-0.25, -0.2) is 0 Å². The van der Waals surface area contributed by atoms with Crippen LogP contribution in [0.3, 0.4) is 0 Å². The van der Waals surface area contributed by atoms with Gasteiger partial charge in [0.25, 0.3) is 0 Å². The summed E-state index contributed by atoms with van der Waals surface area (Å²) < 4.78 is 0. The van der Waals surface area contributed by atoms with Crippen molar-refractivity contribution in [2.24, 2.45) is 5.92 Å². The molecule has 1 aliphatic carbocycles. The Labute approximate surface area is 130 Å². The maximum Gasteiger partial charge on any atom is 0.241 e. The SMILES string of the molecule is CCCC1NC(C(C)CC)C(=O)N1C1CCCCCCC1. The van der Waals surface area contributed by atoms with Gasteiger partial charge in [0.15, 0.2) is 0 Å². The fraction of sp³-hybridized carbons (Fsp3) is 0.944. The van der Waals surface area contributed by atoms with E-state index in [1.807, 2.05) is 0 Å². The van der Waals surface area contributed by atoms with Crippen LogP contribution in [0.2, 0.25) is 0 Å². The van der Waals surface area contributed by atoms with E-state index in [4.69, 9.17) is 0 Å². The number of hydrogen-bond donors (Lipinski definition) is 1. The van der Waals surface area contributed by atoms with Crippen molar-refractivity contribution >= 4 is 5.91 Å². The molecule has 3 unspecified atom stereocenters. The van der Waals surface area contributed by atoms with Gasteiger partial charge in [-0.1, -0.05) is 65.7 Å². The minimum atomic E-state index is 0.0528. The molecule has 0 aromatic rings. The van der Waals surface area contributed by atoms with Gasteiger partial charge in [-0.2, -0.15) is 0 Å². The number of nitrogens with zero attached hydrogens (tertiary/aromatic N) is 1. The molecule has 1 heterocycles. The van der Waals surface area contributed by atoms with Crippen molar-refractivity contribution in [3.05, 3.63) is 0 Å². The summed E-state index contributed by atoms with van der Waals surface area (Å²) in [5, 5.41) is 3.65. The highest BCUT2D eigenvalue weighted by atomic mass is 16.2. The Hall–Kier alpha value is -0.570. The Morgan fingerprint density at radius 2 is 1.76 bits per heavy atom. The molecule has 2 aliphatic rings. The van der Waals surface area contributed by atoms with E-state index in [1.165, 1.54) is 44.9 Å². The monoisotopic (exact) mass is 294 g/mol. The van der Waals surface area contributed by atoms with Gasteiger partial charge in [-0.05, 0) is 25.2 Å². The topological polar surface area (TPSA) is 32.3 Å². The number of rotatable bonds is 5. The Morgan fingerprint density at radius 1 is 1.14 bits per heavy atom. The molecule has 0 aromatic carbocycles. The van der Waals surface area contributed by atoms with Gasteiger partial charge < -0.3 is 4.90 Å². The average molecular weight is 294 g/mol. The number of carbonyl (C=O) groups is 1. The first-order valence-electron chi connectivity index (χ1n) is 9.27. The molecule has 2 rings (SSSR count). The third-order valence-electron chi connectivity index (χ3n) is 5.47. The standard InChI is InChI=1S/C18H34N2O/c1-4-11-16-19-17(14(3)5-2)18(21)20(16)15-12-9-7-6-8-10-13-15/h14-17,19H,4-13H2,1-3H3. The predicted molar refractivity (Wildman–Crippen MR) is 88.0 cm³/mol. The third kappa shape index (κ3) is 4.00. The summed E-state index contributed by atoms with van der Waals surface area (Å²) in [6.07, 6.45) is 12.7. The van der Waals surface area contributed by atoms with Crippen molar-refractivity contribution in [1.29, 1.82) is 0 Å². The molecule has 3 atom stereocenters. The Kier molecular flexibility index (Phi) is 6.53. The van der Waals surface area contributed by atoms with E-state index < -0.39 is 0 Å². The Morgan fingerprint density at radius 3 is 2.33 bits per heavy atom. The molecule has 0 bridgehead atoms. The van der Waals surface area contributed by atoms with E-state index in [-0.39, 0.29) is 12.2 Å². The second-order valence-corrected chi connectivity index (χ2v) is 7.08. The molecular formula is C18H34N2O. The molecule has 3 heteroatoms. The zero-order valence-electron chi connectivity index (χ0n) is 14.2. The van der Waals surface area contributed by atoms with Crippen LogP contribution in [0.5, 0.6) is 0 Å². The molecule has 1 amide bonds. The van der Waals surface area contributed by atoms with Crippen LogP contribution >= 0.6 is 0 Å². The van der Waals surface area contributed by atoms with Crippen LogP contribution in [-0.2, 0) is 4.79 Å².